The highest BCUT2D eigenvalue weighted by Gasteiger charge is 2.31. The number of nitrogen functional groups attached to an aromatic ring is 1. The number of halogens is 1. The number of anilines is 1. The Kier molecular flexibility index (Phi) is 2.52. The maximum atomic E-state index is 13.5. The van der Waals surface area contributed by atoms with E-state index in [2.05, 4.69) is 19.9 Å². The van der Waals surface area contributed by atoms with Crippen molar-refractivity contribution in [1.29, 1.82) is 0 Å². The molecule has 0 radical (unpaired) electrons. The molecule has 1 aliphatic rings. The third-order valence-corrected chi connectivity index (χ3v) is 3.63. The van der Waals surface area contributed by atoms with Gasteiger partial charge in [0, 0.05) is 11.0 Å². The quantitative estimate of drug-likeness (QED) is 0.790. The Balaban J connectivity index is 2.10. The van der Waals surface area contributed by atoms with Crippen LogP contribution >= 0.6 is 0 Å². The summed E-state index contributed by atoms with van der Waals surface area (Å²) in [7, 11) is 0. The molecule has 0 saturated carbocycles. The summed E-state index contributed by atoms with van der Waals surface area (Å²) in [5, 5.41) is 0. The van der Waals surface area contributed by atoms with Gasteiger partial charge in [-0.2, -0.15) is 0 Å². The van der Waals surface area contributed by atoms with Crippen LogP contribution in [0.3, 0.4) is 0 Å². The van der Waals surface area contributed by atoms with E-state index in [1.165, 1.54) is 11.6 Å². The fourth-order valence-electron chi connectivity index (χ4n) is 2.41. The maximum absolute atomic E-state index is 13.5. The number of nitrogens with two attached hydrogens (primary N) is 1. The second-order valence-electron chi connectivity index (χ2n) is 5.62. The highest BCUT2D eigenvalue weighted by molar-refractivity contribution is 5.68. The van der Waals surface area contributed by atoms with Crippen LogP contribution in [0.25, 0.3) is 11.1 Å². The second-order valence-corrected chi connectivity index (χ2v) is 5.62. The Morgan fingerprint density at radius 3 is 2.53 bits per heavy atom. The van der Waals surface area contributed by atoms with Crippen LogP contribution in [0.5, 0.6) is 5.75 Å². The van der Waals surface area contributed by atoms with Gasteiger partial charge in [0.2, 0.25) is 0 Å². The molecule has 0 atom stereocenters. The minimum Gasteiger partial charge on any atom is -0.492 e. The normalized spacial score (nSPS) is 15.9. The molecule has 19 heavy (non-hydrogen) atoms. The van der Waals surface area contributed by atoms with Crippen LogP contribution in [0, 0.1) is 5.82 Å². The molecule has 0 aromatic heterocycles. The molecule has 3 rings (SSSR count). The minimum absolute atomic E-state index is 0.00229. The Morgan fingerprint density at radius 1 is 1.11 bits per heavy atom. The topological polar surface area (TPSA) is 35.2 Å². The van der Waals surface area contributed by atoms with Gasteiger partial charge in [0.15, 0.2) is 0 Å². The third kappa shape index (κ3) is 1.95. The van der Waals surface area contributed by atoms with E-state index in [1.807, 2.05) is 18.2 Å². The van der Waals surface area contributed by atoms with Crippen molar-refractivity contribution in [2.24, 2.45) is 0 Å². The fourth-order valence-corrected chi connectivity index (χ4v) is 2.41. The molecule has 2 aromatic carbocycles. The van der Waals surface area contributed by atoms with Crippen molar-refractivity contribution in [3.05, 3.63) is 47.8 Å². The van der Waals surface area contributed by atoms with Gasteiger partial charge < -0.3 is 10.5 Å². The van der Waals surface area contributed by atoms with Gasteiger partial charge in [-0.25, -0.2) is 4.39 Å². The van der Waals surface area contributed by atoms with Crippen LogP contribution in [-0.2, 0) is 5.41 Å². The van der Waals surface area contributed by atoms with Gasteiger partial charge >= 0.3 is 0 Å². The van der Waals surface area contributed by atoms with E-state index < -0.39 is 0 Å². The Bertz CT molecular complexity index is 649. The number of hydrogen-bond donors (Lipinski definition) is 1. The van der Waals surface area contributed by atoms with Gasteiger partial charge in [-0.05, 0) is 35.4 Å². The Morgan fingerprint density at radius 2 is 1.79 bits per heavy atom. The molecule has 0 saturated heterocycles. The SMILES string of the molecule is CC1(C)COc2ccc(-c3ccc(N)c(F)c3)cc21. The van der Waals surface area contributed by atoms with Crippen LogP contribution in [0.15, 0.2) is 36.4 Å². The number of ether oxygens (including phenoxy) is 1. The molecule has 0 amide bonds. The first-order valence-electron chi connectivity index (χ1n) is 6.30. The van der Waals surface area contributed by atoms with Gasteiger partial charge in [-0.1, -0.05) is 26.0 Å². The van der Waals surface area contributed by atoms with E-state index in [0.717, 1.165) is 16.9 Å². The van der Waals surface area contributed by atoms with E-state index in [1.54, 1.807) is 6.07 Å². The van der Waals surface area contributed by atoms with E-state index in [9.17, 15) is 4.39 Å². The molecule has 2 aromatic rings. The Hall–Kier alpha value is -2.03. The molecular formula is C16H16FNO. The van der Waals surface area contributed by atoms with Gasteiger partial charge in [0.05, 0.1) is 12.3 Å². The molecule has 1 heterocycles. The highest BCUT2D eigenvalue weighted by Crippen LogP contribution is 2.40. The lowest BCUT2D eigenvalue weighted by Crippen LogP contribution is -2.18. The molecular weight excluding hydrogens is 241 g/mol. The van der Waals surface area contributed by atoms with Crippen molar-refractivity contribution in [3.8, 4) is 16.9 Å². The highest BCUT2D eigenvalue weighted by atomic mass is 19.1. The van der Waals surface area contributed by atoms with Gasteiger partial charge in [0.25, 0.3) is 0 Å². The third-order valence-electron chi connectivity index (χ3n) is 3.63. The van der Waals surface area contributed by atoms with E-state index >= 15 is 0 Å². The zero-order valence-corrected chi connectivity index (χ0v) is 11.0. The zero-order chi connectivity index (χ0) is 13.6. The molecule has 0 unspecified atom stereocenters. The minimum atomic E-state index is -0.381. The second kappa shape index (κ2) is 3.98. The van der Waals surface area contributed by atoms with Crippen LogP contribution in [0.2, 0.25) is 0 Å². The van der Waals surface area contributed by atoms with Gasteiger partial charge in [-0.15, -0.1) is 0 Å². The lowest BCUT2D eigenvalue weighted by molar-refractivity contribution is 0.291. The first-order valence-corrected chi connectivity index (χ1v) is 6.30. The van der Waals surface area contributed by atoms with Crippen LogP contribution in [-0.4, -0.2) is 6.61 Å². The molecule has 0 fully saturated rings. The summed E-state index contributed by atoms with van der Waals surface area (Å²) in [5.41, 5.74) is 8.66. The molecule has 98 valence electrons. The summed E-state index contributed by atoms with van der Waals surface area (Å²) in [5.74, 6) is 0.540. The predicted molar refractivity (Wildman–Crippen MR) is 74.8 cm³/mol. The van der Waals surface area contributed by atoms with Crippen LogP contribution < -0.4 is 10.5 Å². The summed E-state index contributed by atoms with van der Waals surface area (Å²) in [6.45, 7) is 4.97. The van der Waals surface area contributed by atoms with Gasteiger partial charge in [0.1, 0.15) is 11.6 Å². The van der Waals surface area contributed by atoms with Crippen molar-refractivity contribution in [1.82, 2.24) is 0 Å². The lowest BCUT2D eigenvalue weighted by atomic mass is 9.85. The van der Waals surface area contributed by atoms with Crippen LogP contribution in [0.1, 0.15) is 19.4 Å². The van der Waals surface area contributed by atoms with E-state index in [-0.39, 0.29) is 16.9 Å². The average molecular weight is 257 g/mol. The van der Waals surface area contributed by atoms with Crippen molar-refractivity contribution in [2.75, 3.05) is 12.3 Å². The fraction of sp³-hybridized carbons (Fsp3) is 0.250. The van der Waals surface area contributed by atoms with Crippen molar-refractivity contribution in [3.63, 3.8) is 0 Å². The molecule has 0 aliphatic carbocycles. The van der Waals surface area contributed by atoms with Crippen molar-refractivity contribution >= 4 is 5.69 Å². The standard InChI is InChI=1S/C16H16FNO/c1-16(2)9-19-15-6-4-10(7-12(15)16)11-3-5-14(18)13(17)8-11/h3-8H,9,18H2,1-2H3. The monoisotopic (exact) mass is 257 g/mol. The maximum Gasteiger partial charge on any atom is 0.146 e. The molecule has 0 spiro atoms. The molecule has 2 N–H and O–H groups in total. The summed E-state index contributed by atoms with van der Waals surface area (Å²) >= 11 is 0. The zero-order valence-electron chi connectivity index (χ0n) is 11.0. The predicted octanol–water partition coefficient (Wildman–Crippen LogP) is 3.74. The molecule has 2 nitrogen and oxygen atoms in total. The largest absolute Gasteiger partial charge is 0.492 e. The number of hydrogen-bond acceptors (Lipinski definition) is 2. The summed E-state index contributed by atoms with van der Waals surface area (Å²) < 4.78 is 19.2. The van der Waals surface area contributed by atoms with Crippen molar-refractivity contribution < 1.29 is 9.13 Å². The average Bonchev–Trinajstić information content (AvgIpc) is 2.69. The first-order chi connectivity index (χ1) is 8.97. The summed E-state index contributed by atoms with van der Waals surface area (Å²) in [6.07, 6.45) is 0. The number of rotatable bonds is 1. The molecule has 0 bridgehead atoms. The Labute approximate surface area is 112 Å². The summed E-state index contributed by atoms with van der Waals surface area (Å²) in [6, 6.07) is 10.9. The van der Waals surface area contributed by atoms with E-state index in [0.29, 0.717) is 6.61 Å². The number of benzene rings is 2. The lowest BCUT2D eigenvalue weighted by Gasteiger charge is -2.16. The van der Waals surface area contributed by atoms with E-state index in [4.69, 9.17) is 10.5 Å². The first kappa shape index (κ1) is 12.0. The smallest absolute Gasteiger partial charge is 0.146 e. The molecule has 3 heteroatoms. The summed E-state index contributed by atoms with van der Waals surface area (Å²) in [4.78, 5) is 0. The molecule has 1 aliphatic heterocycles. The van der Waals surface area contributed by atoms with Crippen LogP contribution in [0.4, 0.5) is 10.1 Å². The van der Waals surface area contributed by atoms with Crippen molar-refractivity contribution in [2.45, 2.75) is 19.3 Å². The number of fused-ring (bicyclic) bond motifs is 1. The van der Waals surface area contributed by atoms with Gasteiger partial charge in [-0.3, -0.25) is 0 Å².